The second-order valence-corrected chi connectivity index (χ2v) is 3.55. The summed E-state index contributed by atoms with van der Waals surface area (Å²) in [5.74, 6) is 2.05. The van der Waals surface area contributed by atoms with Crippen molar-refractivity contribution >= 4 is 0 Å². The van der Waals surface area contributed by atoms with Gasteiger partial charge in [0.25, 0.3) is 0 Å². The lowest BCUT2D eigenvalue weighted by molar-refractivity contribution is 0.392. The van der Waals surface area contributed by atoms with E-state index in [9.17, 15) is 0 Å². The molecule has 1 unspecified atom stereocenters. The molecule has 0 spiro atoms. The number of nitrogens with zero attached hydrogens (tertiary/aromatic N) is 1. The zero-order chi connectivity index (χ0) is 9.14. The van der Waals surface area contributed by atoms with Gasteiger partial charge in [-0.05, 0) is 19.3 Å². The second kappa shape index (κ2) is 3.72. The lowest BCUT2D eigenvalue weighted by Gasteiger charge is -2.09. The van der Waals surface area contributed by atoms with Crippen LogP contribution in [0.5, 0.6) is 0 Å². The lowest BCUT2D eigenvalue weighted by atomic mass is 10.0. The molecule has 1 heterocycles. The molecule has 0 aliphatic rings. The largest absolute Gasteiger partial charge is 0.444 e. The van der Waals surface area contributed by atoms with Gasteiger partial charge in [-0.2, -0.15) is 0 Å². The summed E-state index contributed by atoms with van der Waals surface area (Å²) in [7, 11) is 0. The maximum Gasteiger partial charge on any atom is 0.211 e. The van der Waals surface area contributed by atoms with E-state index in [2.05, 4.69) is 18.8 Å². The molecule has 0 radical (unpaired) electrons. The van der Waals surface area contributed by atoms with Crippen LogP contribution >= 0.6 is 0 Å². The average molecular weight is 168 g/mol. The molecule has 3 nitrogen and oxygen atoms in total. The molecule has 0 aliphatic carbocycles. The van der Waals surface area contributed by atoms with Crippen LogP contribution in [0.1, 0.15) is 38.0 Å². The first kappa shape index (κ1) is 9.26. The van der Waals surface area contributed by atoms with Crippen LogP contribution in [-0.4, -0.2) is 4.98 Å². The summed E-state index contributed by atoms with van der Waals surface area (Å²) >= 11 is 0. The third-order valence-electron chi connectivity index (χ3n) is 1.68. The second-order valence-electron chi connectivity index (χ2n) is 3.55. The zero-order valence-electron chi connectivity index (χ0n) is 7.87. The topological polar surface area (TPSA) is 52.0 Å². The minimum absolute atomic E-state index is 0.0568. The molecule has 0 aromatic carbocycles. The molecule has 1 rings (SSSR count). The molecule has 0 bridgehead atoms. The van der Waals surface area contributed by atoms with Crippen molar-refractivity contribution in [3.8, 4) is 0 Å². The van der Waals surface area contributed by atoms with Gasteiger partial charge >= 0.3 is 0 Å². The van der Waals surface area contributed by atoms with E-state index in [0.29, 0.717) is 11.8 Å². The fraction of sp³-hybridized carbons (Fsp3) is 0.667. The Balaban J connectivity index is 2.58. The van der Waals surface area contributed by atoms with Crippen LogP contribution in [0, 0.1) is 12.8 Å². The Bertz CT molecular complexity index is 242. The highest BCUT2D eigenvalue weighted by Crippen LogP contribution is 2.17. The van der Waals surface area contributed by atoms with Crippen LogP contribution in [0.2, 0.25) is 0 Å². The van der Waals surface area contributed by atoms with Crippen molar-refractivity contribution in [1.29, 1.82) is 0 Å². The quantitative estimate of drug-likeness (QED) is 0.751. The summed E-state index contributed by atoms with van der Waals surface area (Å²) in [6.45, 7) is 6.14. The van der Waals surface area contributed by atoms with Gasteiger partial charge in [-0.3, -0.25) is 0 Å². The molecule has 0 saturated carbocycles. The van der Waals surface area contributed by atoms with Gasteiger partial charge in [0, 0.05) is 0 Å². The molecule has 2 N–H and O–H groups in total. The van der Waals surface area contributed by atoms with Crippen molar-refractivity contribution in [2.24, 2.45) is 11.7 Å². The first-order chi connectivity index (χ1) is 5.59. The summed E-state index contributed by atoms with van der Waals surface area (Å²) in [6, 6.07) is -0.0568. The maximum atomic E-state index is 5.85. The third-order valence-corrected chi connectivity index (χ3v) is 1.68. The highest BCUT2D eigenvalue weighted by Gasteiger charge is 2.12. The maximum absolute atomic E-state index is 5.85. The highest BCUT2D eigenvalue weighted by atomic mass is 16.4. The van der Waals surface area contributed by atoms with E-state index in [-0.39, 0.29) is 6.04 Å². The van der Waals surface area contributed by atoms with E-state index in [1.54, 1.807) is 6.20 Å². The molecule has 12 heavy (non-hydrogen) atoms. The highest BCUT2D eigenvalue weighted by molar-refractivity contribution is 4.95. The van der Waals surface area contributed by atoms with Gasteiger partial charge in [-0.1, -0.05) is 13.8 Å². The van der Waals surface area contributed by atoms with Gasteiger partial charge in [0.2, 0.25) is 5.89 Å². The van der Waals surface area contributed by atoms with Crippen molar-refractivity contribution in [3.05, 3.63) is 17.8 Å². The SMILES string of the molecule is Cc1cnc(C(N)CC(C)C)o1. The van der Waals surface area contributed by atoms with Crippen LogP contribution in [-0.2, 0) is 0 Å². The van der Waals surface area contributed by atoms with Crippen LogP contribution < -0.4 is 5.73 Å². The average Bonchev–Trinajstić information content (AvgIpc) is 2.34. The van der Waals surface area contributed by atoms with Gasteiger partial charge in [-0.15, -0.1) is 0 Å². The minimum Gasteiger partial charge on any atom is -0.444 e. The predicted molar refractivity (Wildman–Crippen MR) is 47.6 cm³/mol. The number of nitrogens with two attached hydrogens (primary N) is 1. The molecular weight excluding hydrogens is 152 g/mol. The van der Waals surface area contributed by atoms with E-state index in [4.69, 9.17) is 10.2 Å². The van der Waals surface area contributed by atoms with Crippen molar-refractivity contribution in [3.63, 3.8) is 0 Å². The van der Waals surface area contributed by atoms with Crippen molar-refractivity contribution in [1.82, 2.24) is 4.98 Å². The Morgan fingerprint density at radius 2 is 2.25 bits per heavy atom. The first-order valence-electron chi connectivity index (χ1n) is 4.27. The van der Waals surface area contributed by atoms with Crippen LogP contribution in [0.25, 0.3) is 0 Å². The normalized spacial score (nSPS) is 13.8. The van der Waals surface area contributed by atoms with Crippen molar-refractivity contribution < 1.29 is 4.42 Å². The smallest absolute Gasteiger partial charge is 0.211 e. The molecule has 1 atom stereocenters. The van der Waals surface area contributed by atoms with E-state index in [1.165, 1.54) is 0 Å². The zero-order valence-corrected chi connectivity index (χ0v) is 7.87. The van der Waals surface area contributed by atoms with E-state index in [1.807, 2.05) is 6.92 Å². The molecule has 0 saturated heterocycles. The monoisotopic (exact) mass is 168 g/mol. The minimum atomic E-state index is -0.0568. The molecule has 3 heteroatoms. The third kappa shape index (κ3) is 2.34. The Morgan fingerprint density at radius 1 is 1.58 bits per heavy atom. The van der Waals surface area contributed by atoms with Crippen molar-refractivity contribution in [2.45, 2.75) is 33.2 Å². The summed E-state index contributed by atoms with van der Waals surface area (Å²) in [4.78, 5) is 4.08. The Morgan fingerprint density at radius 3 is 2.67 bits per heavy atom. The Hall–Kier alpha value is -0.830. The fourth-order valence-electron chi connectivity index (χ4n) is 1.15. The van der Waals surface area contributed by atoms with E-state index < -0.39 is 0 Å². The van der Waals surface area contributed by atoms with Crippen LogP contribution in [0.4, 0.5) is 0 Å². The number of aryl methyl sites for hydroxylation is 1. The van der Waals surface area contributed by atoms with Gasteiger partial charge in [0.1, 0.15) is 5.76 Å². The standard InChI is InChI=1S/C9H16N2O/c1-6(2)4-8(10)9-11-5-7(3)12-9/h5-6,8H,4,10H2,1-3H3. The molecule has 0 fully saturated rings. The molecule has 1 aromatic rings. The van der Waals surface area contributed by atoms with Gasteiger partial charge in [0.05, 0.1) is 12.2 Å². The number of oxazole rings is 1. The predicted octanol–water partition coefficient (Wildman–Crippen LogP) is 2.03. The Kier molecular flexibility index (Phi) is 2.87. The van der Waals surface area contributed by atoms with E-state index >= 15 is 0 Å². The summed E-state index contributed by atoms with van der Waals surface area (Å²) < 4.78 is 5.31. The van der Waals surface area contributed by atoms with Gasteiger partial charge in [-0.25, -0.2) is 4.98 Å². The van der Waals surface area contributed by atoms with Crippen LogP contribution in [0.3, 0.4) is 0 Å². The number of aromatic nitrogens is 1. The number of hydrogen-bond acceptors (Lipinski definition) is 3. The van der Waals surface area contributed by atoms with Crippen molar-refractivity contribution in [2.75, 3.05) is 0 Å². The fourth-order valence-corrected chi connectivity index (χ4v) is 1.15. The number of rotatable bonds is 3. The number of hydrogen-bond donors (Lipinski definition) is 1. The Labute approximate surface area is 73.0 Å². The van der Waals surface area contributed by atoms with Crippen LogP contribution in [0.15, 0.2) is 10.6 Å². The van der Waals surface area contributed by atoms with E-state index in [0.717, 1.165) is 12.2 Å². The van der Waals surface area contributed by atoms with Gasteiger partial charge in [0.15, 0.2) is 0 Å². The molecule has 1 aromatic heterocycles. The molecule has 0 amide bonds. The molecular formula is C9H16N2O. The summed E-state index contributed by atoms with van der Waals surface area (Å²) in [6.07, 6.45) is 2.62. The molecule has 68 valence electrons. The summed E-state index contributed by atoms with van der Waals surface area (Å²) in [5, 5.41) is 0. The molecule has 0 aliphatic heterocycles. The van der Waals surface area contributed by atoms with Gasteiger partial charge < -0.3 is 10.2 Å². The first-order valence-corrected chi connectivity index (χ1v) is 4.27. The lowest BCUT2D eigenvalue weighted by Crippen LogP contribution is -2.13. The summed E-state index contributed by atoms with van der Waals surface area (Å²) in [5.41, 5.74) is 5.85.